The Bertz CT molecular complexity index is 190. The summed E-state index contributed by atoms with van der Waals surface area (Å²) < 4.78 is 16.1. The maximum atomic E-state index is 5.64. The molecular weight excluding hydrogens is 196 g/mol. The SMILES string of the molecule is COC(OCCO[Si](C)(C)C)=C(C)C. The van der Waals surface area contributed by atoms with Crippen LogP contribution in [0.25, 0.3) is 0 Å². The highest BCUT2D eigenvalue weighted by Gasteiger charge is 2.13. The van der Waals surface area contributed by atoms with Crippen molar-refractivity contribution in [3.63, 3.8) is 0 Å². The number of hydrogen-bond donors (Lipinski definition) is 0. The van der Waals surface area contributed by atoms with Crippen molar-refractivity contribution in [2.24, 2.45) is 0 Å². The average Bonchev–Trinajstić information content (AvgIpc) is 2.01. The molecule has 0 spiro atoms. The Morgan fingerprint density at radius 1 is 1.07 bits per heavy atom. The second-order valence-electron chi connectivity index (χ2n) is 4.30. The molecule has 84 valence electrons. The molecule has 0 aliphatic rings. The Labute approximate surface area is 88.2 Å². The van der Waals surface area contributed by atoms with E-state index in [4.69, 9.17) is 13.9 Å². The first-order chi connectivity index (χ1) is 6.37. The monoisotopic (exact) mass is 218 g/mol. The van der Waals surface area contributed by atoms with Crippen LogP contribution >= 0.6 is 0 Å². The molecule has 0 N–H and O–H groups in total. The largest absolute Gasteiger partial charge is 0.469 e. The predicted octanol–water partition coefficient (Wildman–Crippen LogP) is 2.75. The summed E-state index contributed by atoms with van der Waals surface area (Å²) in [5.41, 5.74) is 1.04. The second kappa shape index (κ2) is 6.09. The van der Waals surface area contributed by atoms with Gasteiger partial charge in [0.25, 0.3) is 5.95 Å². The van der Waals surface area contributed by atoms with Crippen LogP contribution < -0.4 is 0 Å². The fraction of sp³-hybridized carbons (Fsp3) is 0.800. The van der Waals surface area contributed by atoms with Crippen molar-refractivity contribution in [2.45, 2.75) is 33.5 Å². The zero-order valence-corrected chi connectivity index (χ0v) is 11.1. The topological polar surface area (TPSA) is 27.7 Å². The van der Waals surface area contributed by atoms with Crippen molar-refractivity contribution >= 4 is 8.32 Å². The van der Waals surface area contributed by atoms with E-state index in [1.54, 1.807) is 7.11 Å². The third-order valence-corrected chi connectivity index (χ3v) is 2.52. The maximum Gasteiger partial charge on any atom is 0.277 e. The van der Waals surface area contributed by atoms with Gasteiger partial charge in [-0.05, 0) is 33.5 Å². The highest BCUT2D eigenvalue weighted by atomic mass is 28.4. The van der Waals surface area contributed by atoms with Gasteiger partial charge in [-0.1, -0.05) is 0 Å². The van der Waals surface area contributed by atoms with Gasteiger partial charge >= 0.3 is 0 Å². The molecule has 0 heterocycles. The summed E-state index contributed by atoms with van der Waals surface area (Å²) in [7, 11) is 0.209. The molecular formula is C10H22O3Si. The van der Waals surface area contributed by atoms with E-state index < -0.39 is 8.32 Å². The molecule has 0 aromatic carbocycles. The molecule has 0 bridgehead atoms. The Balaban J connectivity index is 3.70. The van der Waals surface area contributed by atoms with Gasteiger partial charge in [0.2, 0.25) is 0 Å². The molecule has 0 unspecified atom stereocenters. The third kappa shape index (κ3) is 6.97. The predicted molar refractivity (Wildman–Crippen MR) is 60.6 cm³/mol. The van der Waals surface area contributed by atoms with Crippen LogP contribution in [0.15, 0.2) is 11.5 Å². The number of rotatable bonds is 6. The van der Waals surface area contributed by atoms with Gasteiger partial charge in [0.05, 0.1) is 13.7 Å². The summed E-state index contributed by atoms with van der Waals surface area (Å²) in [6.07, 6.45) is 0. The molecule has 14 heavy (non-hydrogen) atoms. The summed E-state index contributed by atoms with van der Waals surface area (Å²) in [6.45, 7) is 11.6. The molecule has 3 nitrogen and oxygen atoms in total. The first kappa shape index (κ1) is 13.5. The molecule has 0 aliphatic carbocycles. The molecule has 0 amide bonds. The van der Waals surface area contributed by atoms with Crippen LogP contribution in [0.3, 0.4) is 0 Å². The minimum absolute atomic E-state index is 0.554. The lowest BCUT2D eigenvalue weighted by atomic mass is 10.4. The maximum absolute atomic E-state index is 5.64. The van der Waals surface area contributed by atoms with E-state index in [1.165, 1.54) is 0 Å². The average molecular weight is 218 g/mol. The molecule has 0 radical (unpaired) electrons. The zero-order chi connectivity index (χ0) is 11.2. The van der Waals surface area contributed by atoms with Gasteiger partial charge in [0.15, 0.2) is 8.32 Å². The fourth-order valence-electron chi connectivity index (χ4n) is 0.890. The lowest BCUT2D eigenvalue weighted by Crippen LogP contribution is -2.27. The summed E-state index contributed by atoms with van der Waals surface area (Å²) in [5.74, 6) is 0.601. The number of allylic oxidation sites excluding steroid dienone is 1. The van der Waals surface area contributed by atoms with E-state index >= 15 is 0 Å². The molecule has 4 heteroatoms. The molecule has 0 saturated carbocycles. The van der Waals surface area contributed by atoms with Crippen LogP contribution in [0.2, 0.25) is 19.6 Å². The first-order valence-corrected chi connectivity index (χ1v) is 8.26. The quantitative estimate of drug-likeness (QED) is 0.390. The van der Waals surface area contributed by atoms with Crippen LogP contribution in [-0.2, 0) is 13.9 Å². The van der Waals surface area contributed by atoms with E-state index in [-0.39, 0.29) is 0 Å². The Kier molecular flexibility index (Phi) is 5.88. The van der Waals surface area contributed by atoms with Gasteiger partial charge in [-0.2, -0.15) is 0 Å². The first-order valence-electron chi connectivity index (χ1n) is 4.85. The van der Waals surface area contributed by atoms with E-state index in [0.717, 1.165) is 5.57 Å². The van der Waals surface area contributed by atoms with Crippen molar-refractivity contribution in [3.8, 4) is 0 Å². The zero-order valence-electron chi connectivity index (χ0n) is 10.1. The van der Waals surface area contributed by atoms with E-state index in [1.807, 2.05) is 13.8 Å². The molecule has 0 fully saturated rings. The van der Waals surface area contributed by atoms with E-state index in [2.05, 4.69) is 19.6 Å². The van der Waals surface area contributed by atoms with Crippen LogP contribution in [0.5, 0.6) is 0 Å². The molecule has 0 atom stereocenters. The normalized spacial score (nSPS) is 11.0. The smallest absolute Gasteiger partial charge is 0.277 e. The highest BCUT2D eigenvalue weighted by Crippen LogP contribution is 2.06. The van der Waals surface area contributed by atoms with Crippen LogP contribution in [0.4, 0.5) is 0 Å². The van der Waals surface area contributed by atoms with E-state index in [9.17, 15) is 0 Å². The second-order valence-corrected chi connectivity index (χ2v) is 8.81. The molecule has 0 aromatic rings. The van der Waals surface area contributed by atoms with Crippen molar-refractivity contribution in [1.29, 1.82) is 0 Å². The van der Waals surface area contributed by atoms with Gasteiger partial charge < -0.3 is 13.9 Å². The van der Waals surface area contributed by atoms with Gasteiger partial charge in [-0.3, -0.25) is 0 Å². The van der Waals surface area contributed by atoms with Crippen LogP contribution in [0.1, 0.15) is 13.8 Å². The van der Waals surface area contributed by atoms with E-state index in [0.29, 0.717) is 19.2 Å². The lowest BCUT2D eigenvalue weighted by molar-refractivity contribution is 0.0420. The summed E-state index contributed by atoms with van der Waals surface area (Å²) >= 11 is 0. The minimum Gasteiger partial charge on any atom is -0.469 e. The molecule has 0 aromatic heterocycles. The highest BCUT2D eigenvalue weighted by molar-refractivity contribution is 6.69. The summed E-state index contributed by atoms with van der Waals surface area (Å²) in [5, 5.41) is 0. The van der Waals surface area contributed by atoms with Crippen LogP contribution in [-0.4, -0.2) is 28.6 Å². The van der Waals surface area contributed by atoms with Crippen molar-refractivity contribution in [2.75, 3.05) is 20.3 Å². The van der Waals surface area contributed by atoms with Crippen molar-refractivity contribution in [3.05, 3.63) is 11.5 Å². The van der Waals surface area contributed by atoms with Crippen molar-refractivity contribution < 1.29 is 13.9 Å². The van der Waals surface area contributed by atoms with Gasteiger partial charge in [-0.25, -0.2) is 0 Å². The number of methoxy groups -OCH3 is 1. The third-order valence-electron chi connectivity index (χ3n) is 1.45. The molecule has 0 saturated heterocycles. The number of hydrogen-bond acceptors (Lipinski definition) is 3. The standard InChI is InChI=1S/C10H22O3Si/c1-9(2)10(11-3)12-7-8-13-14(4,5)6/h7-8H2,1-6H3. The van der Waals surface area contributed by atoms with Gasteiger partial charge in [-0.15, -0.1) is 0 Å². The Morgan fingerprint density at radius 3 is 2.00 bits per heavy atom. The van der Waals surface area contributed by atoms with Crippen molar-refractivity contribution in [1.82, 2.24) is 0 Å². The minimum atomic E-state index is -1.40. The van der Waals surface area contributed by atoms with Gasteiger partial charge in [0.1, 0.15) is 6.61 Å². The van der Waals surface area contributed by atoms with Crippen LogP contribution in [0, 0.1) is 0 Å². The Morgan fingerprint density at radius 2 is 1.64 bits per heavy atom. The molecule has 0 aliphatic heterocycles. The summed E-state index contributed by atoms with van der Waals surface area (Å²) in [6, 6.07) is 0. The number of ether oxygens (including phenoxy) is 2. The fourth-order valence-corrected chi connectivity index (χ4v) is 1.59. The lowest BCUT2D eigenvalue weighted by Gasteiger charge is -2.17. The Hall–Kier alpha value is -0.483. The molecule has 0 rings (SSSR count). The summed E-state index contributed by atoms with van der Waals surface area (Å²) in [4.78, 5) is 0. The van der Waals surface area contributed by atoms with Gasteiger partial charge in [0, 0.05) is 5.57 Å².